The van der Waals surface area contributed by atoms with E-state index in [4.69, 9.17) is 0 Å². The van der Waals surface area contributed by atoms with Crippen LogP contribution >= 0.6 is 0 Å². The molecule has 0 bridgehead atoms. The Morgan fingerprint density at radius 1 is 1.00 bits per heavy atom. The van der Waals surface area contributed by atoms with Gasteiger partial charge in [-0.15, -0.1) is 0 Å². The van der Waals surface area contributed by atoms with Gasteiger partial charge in [-0.2, -0.15) is 0 Å². The van der Waals surface area contributed by atoms with Crippen molar-refractivity contribution in [3.63, 3.8) is 0 Å². The van der Waals surface area contributed by atoms with E-state index < -0.39 is 0 Å². The summed E-state index contributed by atoms with van der Waals surface area (Å²) in [4.78, 5) is 0. The van der Waals surface area contributed by atoms with Gasteiger partial charge in [-0.1, -0.05) is 56.9 Å². The summed E-state index contributed by atoms with van der Waals surface area (Å²) in [5, 5.41) is 0. The number of allylic oxidation sites excluding steroid dienone is 4. The fourth-order valence-electron chi connectivity index (χ4n) is 6.97. The molecule has 2 saturated carbocycles. The van der Waals surface area contributed by atoms with Gasteiger partial charge in [0.2, 0.25) is 0 Å². The number of fused-ring (bicyclic) bond motifs is 4. The lowest BCUT2D eigenvalue weighted by atomic mass is 9.54. The van der Waals surface area contributed by atoms with Gasteiger partial charge in [0.25, 0.3) is 0 Å². The first kappa shape index (κ1) is 18.3. The van der Waals surface area contributed by atoms with Crippen LogP contribution in [-0.4, -0.2) is 0 Å². The van der Waals surface area contributed by atoms with Crippen LogP contribution in [0.25, 0.3) is 0 Å². The minimum Gasteiger partial charge on any atom is -0.0879 e. The van der Waals surface area contributed by atoms with Crippen molar-refractivity contribution in [1.82, 2.24) is 0 Å². The van der Waals surface area contributed by atoms with Gasteiger partial charge in [-0.3, -0.25) is 0 Å². The first-order chi connectivity index (χ1) is 11.6. The average molecular weight is 329 g/mol. The second-order valence-corrected chi connectivity index (χ2v) is 9.05. The minimum atomic E-state index is 0.562. The molecule has 0 spiro atoms. The lowest BCUT2D eigenvalue weighted by Gasteiger charge is -2.50. The van der Waals surface area contributed by atoms with Crippen LogP contribution in [0.3, 0.4) is 0 Å². The van der Waals surface area contributed by atoms with Gasteiger partial charge in [0.1, 0.15) is 0 Å². The molecule has 0 N–H and O–H groups in total. The van der Waals surface area contributed by atoms with E-state index in [1.54, 1.807) is 5.57 Å². The fraction of sp³-hybridized carbons (Fsp3) is 0.833. The highest BCUT2D eigenvalue weighted by Gasteiger charge is 2.52. The van der Waals surface area contributed by atoms with Crippen molar-refractivity contribution in [2.75, 3.05) is 0 Å². The van der Waals surface area contributed by atoms with Crippen molar-refractivity contribution in [1.29, 1.82) is 0 Å². The second-order valence-electron chi connectivity index (χ2n) is 9.05. The van der Waals surface area contributed by atoms with Crippen LogP contribution in [0.4, 0.5) is 0 Å². The van der Waals surface area contributed by atoms with Crippen molar-refractivity contribution >= 4 is 0 Å². The zero-order chi connectivity index (χ0) is 17.3. The molecule has 24 heavy (non-hydrogen) atoms. The predicted molar refractivity (Wildman–Crippen MR) is 106 cm³/mol. The summed E-state index contributed by atoms with van der Waals surface area (Å²) in [6, 6.07) is 0. The summed E-state index contributed by atoms with van der Waals surface area (Å²) in [6.45, 7) is 11.4. The molecule has 0 saturated heterocycles. The lowest BCUT2D eigenvalue weighted by Crippen LogP contribution is -2.41. The van der Waals surface area contributed by atoms with Crippen molar-refractivity contribution < 1.29 is 0 Å². The Balaban J connectivity index is 0.000000815. The van der Waals surface area contributed by atoms with Crippen molar-refractivity contribution in [2.24, 2.45) is 29.1 Å². The molecule has 5 atom stereocenters. The summed E-state index contributed by atoms with van der Waals surface area (Å²) in [5.74, 6) is 3.93. The molecule has 0 radical (unpaired) electrons. The Hall–Kier alpha value is -0.520. The van der Waals surface area contributed by atoms with Crippen LogP contribution in [0.5, 0.6) is 0 Å². The third-order valence-electron chi connectivity index (χ3n) is 8.05. The molecule has 0 nitrogen and oxygen atoms in total. The third-order valence-corrected chi connectivity index (χ3v) is 8.05. The van der Waals surface area contributed by atoms with Gasteiger partial charge in [-0.25, -0.2) is 0 Å². The summed E-state index contributed by atoms with van der Waals surface area (Å²) in [7, 11) is 0. The zero-order valence-corrected chi connectivity index (χ0v) is 17.0. The van der Waals surface area contributed by atoms with Gasteiger partial charge >= 0.3 is 0 Å². The third kappa shape index (κ3) is 2.93. The standard InChI is InChI=1S/C22H34.C2H6/c1-4-17-9-11-21-20-10-8-16-14-15(2)6-5-7-18(16)19(20)12-13-22(17,21)3;1-2/h4,15,19-21H,5-14H2,1-3H3;1-2H3/b17-4-;/t15?,19?,20?,21?,22-;/m1./s1. The maximum atomic E-state index is 2.61. The first-order valence-electron chi connectivity index (χ1n) is 11.0. The van der Waals surface area contributed by atoms with Crippen LogP contribution in [0.1, 0.15) is 98.8 Å². The molecule has 0 aromatic carbocycles. The van der Waals surface area contributed by atoms with E-state index in [1.165, 1.54) is 64.2 Å². The Bertz CT molecular complexity index is 508. The van der Waals surface area contributed by atoms with Gasteiger partial charge in [-0.05, 0) is 93.8 Å². The summed E-state index contributed by atoms with van der Waals surface area (Å²) in [6.07, 6.45) is 17.0. The summed E-state index contributed by atoms with van der Waals surface area (Å²) >= 11 is 0. The quantitative estimate of drug-likeness (QED) is 0.399. The van der Waals surface area contributed by atoms with E-state index in [-0.39, 0.29) is 0 Å². The van der Waals surface area contributed by atoms with Crippen LogP contribution in [-0.2, 0) is 0 Å². The molecule has 0 heterocycles. The van der Waals surface area contributed by atoms with Gasteiger partial charge in [0.05, 0.1) is 0 Å². The van der Waals surface area contributed by atoms with Crippen molar-refractivity contribution in [2.45, 2.75) is 98.8 Å². The number of hydrogen-bond donors (Lipinski definition) is 0. The largest absolute Gasteiger partial charge is 0.0879 e. The maximum absolute atomic E-state index is 2.61. The molecule has 0 aliphatic heterocycles. The smallest absolute Gasteiger partial charge is 0.00851 e. The summed E-state index contributed by atoms with van der Waals surface area (Å²) in [5.41, 5.74) is 6.24. The summed E-state index contributed by atoms with van der Waals surface area (Å²) < 4.78 is 0. The van der Waals surface area contributed by atoms with Crippen LogP contribution in [0.2, 0.25) is 0 Å². The minimum absolute atomic E-state index is 0.562. The van der Waals surface area contributed by atoms with E-state index in [0.717, 1.165) is 23.7 Å². The average Bonchev–Trinajstić information content (AvgIpc) is 2.82. The normalized spacial score (nSPS) is 43.3. The van der Waals surface area contributed by atoms with Crippen molar-refractivity contribution in [3.05, 3.63) is 22.8 Å². The molecular formula is C24H40. The number of rotatable bonds is 0. The Morgan fingerprint density at radius 2 is 1.79 bits per heavy atom. The fourth-order valence-corrected chi connectivity index (χ4v) is 6.97. The molecule has 4 unspecified atom stereocenters. The van der Waals surface area contributed by atoms with Crippen LogP contribution < -0.4 is 0 Å². The molecule has 4 aliphatic rings. The Kier molecular flexibility index (Phi) is 5.62. The maximum Gasteiger partial charge on any atom is -0.00851 e. The van der Waals surface area contributed by atoms with Crippen molar-refractivity contribution in [3.8, 4) is 0 Å². The first-order valence-corrected chi connectivity index (χ1v) is 11.0. The molecule has 136 valence electrons. The van der Waals surface area contributed by atoms with E-state index in [2.05, 4.69) is 26.8 Å². The predicted octanol–water partition coefficient (Wildman–Crippen LogP) is 7.70. The van der Waals surface area contributed by atoms with E-state index in [1.807, 2.05) is 25.0 Å². The molecular weight excluding hydrogens is 288 g/mol. The molecule has 4 aliphatic carbocycles. The van der Waals surface area contributed by atoms with Gasteiger partial charge in [0.15, 0.2) is 0 Å². The number of hydrogen-bond acceptors (Lipinski definition) is 0. The van der Waals surface area contributed by atoms with E-state index in [0.29, 0.717) is 5.41 Å². The van der Waals surface area contributed by atoms with E-state index in [9.17, 15) is 0 Å². The van der Waals surface area contributed by atoms with Crippen LogP contribution in [0.15, 0.2) is 22.8 Å². The van der Waals surface area contributed by atoms with E-state index >= 15 is 0 Å². The highest BCUT2D eigenvalue weighted by Crippen LogP contribution is 2.62. The lowest BCUT2D eigenvalue weighted by molar-refractivity contribution is 0.0619. The Morgan fingerprint density at radius 3 is 2.54 bits per heavy atom. The molecule has 0 heteroatoms. The second kappa shape index (κ2) is 7.38. The highest BCUT2D eigenvalue weighted by atomic mass is 14.6. The van der Waals surface area contributed by atoms with Crippen LogP contribution in [0, 0.1) is 29.1 Å². The molecule has 0 aromatic heterocycles. The Labute approximate surface area is 151 Å². The zero-order valence-electron chi connectivity index (χ0n) is 17.0. The topological polar surface area (TPSA) is 0 Å². The molecule has 0 amide bonds. The molecule has 4 rings (SSSR count). The molecule has 0 aromatic rings. The SMILES string of the molecule is C/C=C1/CCC2C3CCC4=C(CCCC(C)C4)C3CC[C@]12C.CC. The van der Waals surface area contributed by atoms with Gasteiger partial charge in [0, 0.05) is 0 Å². The van der Waals surface area contributed by atoms with Gasteiger partial charge < -0.3 is 0 Å². The monoisotopic (exact) mass is 328 g/mol. The molecule has 2 fully saturated rings. The highest BCUT2D eigenvalue weighted by molar-refractivity contribution is 5.29.